The largest absolute Gasteiger partial charge is 0.352 e. The van der Waals surface area contributed by atoms with Crippen LogP contribution in [0.3, 0.4) is 0 Å². The first-order chi connectivity index (χ1) is 8.88. The number of nitrogens with zero attached hydrogens (tertiary/aromatic N) is 1. The molecule has 0 saturated carbocycles. The van der Waals surface area contributed by atoms with E-state index in [0.29, 0.717) is 0 Å². The lowest BCUT2D eigenvalue weighted by molar-refractivity contribution is 0.811. The van der Waals surface area contributed by atoms with Crippen LogP contribution in [0.25, 0.3) is 0 Å². The molecule has 19 heavy (non-hydrogen) atoms. The van der Waals surface area contributed by atoms with Crippen molar-refractivity contribution in [2.24, 2.45) is 4.99 Å². The zero-order valence-corrected chi connectivity index (χ0v) is 13.9. The molecule has 0 aliphatic carbocycles. The van der Waals surface area contributed by atoms with E-state index in [0.717, 1.165) is 19.0 Å². The van der Waals surface area contributed by atoms with Gasteiger partial charge in [0.05, 0.1) is 0 Å². The molecule has 0 spiro atoms. The van der Waals surface area contributed by atoms with E-state index in [2.05, 4.69) is 44.6 Å². The predicted molar refractivity (Wildman–Crippen MR) is 93.2 cm³/mol. The van der Waals surface area contributed by atoms with Gasteiger partial charge in [0, 0.05) is 20.1 Å². The molecule has 0 unspecified atom stereocenters. The Hall–Kier alpha value is -1.08. The summed E-state index contributed by atoms with van der Waals surface area (Å²) in [6, 6.07) is 12.4. The molecule has 2 N–H and O–H groups in total. The first kappa shape index (κ1) is 16.0. The minimum Gasteiger partial charge on any atom is -0.352 e. The van der Waals surface area contributed by atoms with Crippen LogP contribution in [-0.4, -0.2) is 13.0 Å². The highest BCUT2D eigenvalue weighted by atomic mass is 127. The Balaban J connectivity index is 0.00000180. The van der Waals surface area contributed by atoms with Crippen molar-refractivity contribution in [1.82, 2.24) is 10.6 Å². The second kappa shape index (κ2) is 8.92. The van der Waals surface area contributed by atoms with Gasteiger partial charge in [0.15, 0.2) is 5.96 Å². The molecule has 0 aliphatic heterocycles. The smallest absolute Gasteiger partial charge is 0.191 e. The number of nitrogens with one attached hydrogen (secondary N) is 2. The van der Waals surface area contributed by atoms with Crippen LogP contribution in [-0.2, 0) is 13.1 Å². The Bertz CT molecular complexity index is 483. The third-order valence-electron chi connectivity index (χ3n) is 2.57. The average molecular weight is 387 g/mol. The third kappa shape index (κ3) is 5.61. The molecule has 3 nitrogen and oxygen atoms in total. The minimum atomic E-state index is 0. The van der Waals surface area contributed by atoms with Gasteiger partial charge in [-0.3, -0.25) is 4.99 Å². The summed E-state index contributed by atoms with van der Waals surface area (Å²) < 4.78 is 0. The Morgan fingerprint density at radius 1 is 1.05 bits per heavy atom. The fraction of sp³-hybridized carbons (Fsp3) is 0.214. The molecule has 0 fully saturated rings. The second-order valence-electron chi connectivity index (χ2n) is 3.90. The van der Waals surface area contributed by atoms with E-state index in [4.69, 9.17) is 0 Å². The number of aliphatic imine (C=N–C) groups is 1. The fourth-order valence-electron chi connectivity index (χ4n) is 1.58. The van der Waals surface area contributed by atoms with E-state index >= 15 is 0 Å². The van der Waals surface area contributed by atoms with Crippen molar-refractivity contribution in [1.29, 1.82) is 0 Å². The summed E-state index contributed by atoms with van der Waals surface area (Å²) in [4.78, 5) is 4.20. The Kier molecular flexibility index (Phi) is 7.50. The maximum Gasteiger partial charge on any atom is 0.191 e. The molecule has 5 heteroatoms. The summed E-state index contributed by atoms with van der Waals surface area (Å²) in [5.74, 6) is 0.824. The van der Waals surface area contributed by atoms with E-state index in [1.54, 1.807) is 18.4 Å². The predicted octanol–water partition coefficient (Wildman–Crippen LogP) is 3.23. The van der Waals surface area contributed by atoms with Gasteiger partial charge in [0.2, 0.25) is 0 Å². The molecule has 2 rings (SSSR count). The van der Waals surface area contributed by atoms with Crippen molar-refractivity contribution in [3.05, 3.63) is 58.3 Å². The van der Waals surface area contributed by atoms with Crippen LogP contribution in [0.1, 0.15) is 11.1 Å². The lowest BCUT2D eigenvalue weighted by Crippen LogP contribution is -2.36. The molecule has 0 bridgehead atoms. The first-order valence-electron chi connectivity index (χ1n) is 5.88. The molecule has 2 aromatic rings. The molecule has 1 aromatic carbocycles. The van der Waals surface area contributed by atoms with Crippen LogP contribution < -0.4 is 10.6 Å². The maximum absolute atomic E-state index is 4.20. The molecule has 0 atom stereocenters. The summed E-state index contributed by atoms with van der Waals surface area (Å²) in [6.45, 7) is 1.59. The summed E-state index contributed by atoms with van der Waals surface area (Å²) in [7, 11) is 1.79. The molecule has 0 amide bonds. The molecular weight excluding hydrogens is 369 g/mol. The highest BCUT2D eigenvalue weighted by Gasteiger charge is 1.98. The monoisotopic (exact) mass is 387 g/mol. The molecule has 1 aromatic heterocycles. The van der Waals surface area contributed by atoms with Gasteiger partial charge < -0.3 is 10.6 Å². The summed E-state index contributed by atoms with van der Waals surface area (Å²) in [5, 5.41) is 10.8. The number of hydrogen-bond donors (Lipinski definition) is 2. The van der Waals surface area contributed by atoms with Gasteiger partial charge in [-0.15, -0.1) is 24.0 Å². The van der Waals surface area contributed by atoms with Gasteiger partial charge >= 0.3 is 0 Å². The van der Waals surface area contributed by atoms with Crippen LogP contribution in [0.5, 0.6) is 0 Å². The van der Waals surface area contributed by atoms with E-state index in [9.17, 15) is 0 Å². The summed E-state index contributed by atoms with van der Waals surface area (Å²) in [6.07, 6.45) is 0. The van der Waals surface area contributed by atoms with Crippen LogP contribution in [0.4, 0.5) is 0 Å². The highest BCUT2D eigenvalue weighted by Crippen LogP contribution is 2.04. The molecule has 102 valence electrons. The number of hydrogen-bond acceptors (Lipinski definition) is 2. The molecule has 0 radical (unpaired) electrons. The third-order valence-corrected chi connectivity index (χ3v) is 3.30. The number of halogens is 1. The van der Waals surface area contributed by atoms with Gasteiger partial charge in [0.1, 0.15) is 0 Å². The fourth-order valence-corrected chi connectivity index (χ4v) is 2.25. The van der Waals surface area contributed by atoms with E-state index in [1.165, 1.54) is 11.1 Å². The molecule has 0 aliphatic rings. The van der Waals surface area contributed by atoms with Crippen molar-refractivity contribution in [2.45, 2.75) is 13.1 Å². The van der Waals surface area contributed by atoms with Crippen molar-refractivity contribution in [2.75, 3.05) is 7.05 Å². The quantitative estimate of drug-likeness (QED) is 0.480. The average Bonchev–Trinajstić information content (AvgIpc) is 2.93. The number of guanidine groups is 1. The van der Waals surface area contributed by atoms with E-state index in [-0.39, 0.29) is 24.0 Å². The number of rotatable bonds is 4. The number of thiophene rings is 1. The van der Waals surface area contributed by atoms with Gasteiger partial charge in [-0.25, -0.2) is 0 Å². The van der Waals surface area contributed by atoms with Gasteiger partial charge in [-0.1, -0.05) is 30.3 Å². The number of benzene rings is 1. The molecule has 0 saturated heterocycles. The molecule has 1 heterocycles. The Labute approximate surface area is 135 Å². The zero-order valence-electron chi connectivity index (χ0n) is 10.8. The minimum absolute atomic E-state index is 0. The Morgan fingerprint density at radius 3 is 2.32 bits per heavy atom. The van der Waals surface area contributed by atoms with Crippen LogP contribution in [0, 0.1) is 0 Å². The van der Waals surface area contributed by atoms with E-state index in [1.807, 2.05) is 18.2 Å². The highest BCUT2D eigenvalue weighted by molar-refractivity contribution is 14.0. The van der Waals surface area contributed by atoms with Crippen molar-refractivity contribution in [3.63, 3.8) is 0 Å². The lowest BCUT2D eigenvalue weighted by Gasteiger charge is -2.11. The van der Waals surface area contributed by atoms with Gasteiger partial charge in [0.25, 0.3) is 0 Å². The second-order valence-corrected chi connectivity index (χ2v) is 4.68. The summed E-state index contributed by atoms with van der Waals surface area (Å²) >= 11 is 1.71. The topological polar surface area (TPSA) is 36.4 Å². The van der Waals surface area contributed by atoms with Crippen LogP contribution in [0.15, 0.2) is 52.2 Å². The molecular formula is C14H18IN3S. The van der Waals surface area contributed by atoms with Crippen molar-refractivity contribution in [3.8, 4) is 0 Å². The lowest BCUT2D eigenvalue weighted by atomic mass is 10.2. The van der Waals surface area contributed by atoms with Crippen molar-refractivity contribution >= 4 is 41.3 Å². The summed E-state index contributed by atoms with van der Waals surface area (Å²) in [5.41, 5.74) is 2.53. The van der Waals surface area contributed by atoms with E-state index < -0.39 is 0 Å². The maximum atomic E-state index is 4.20. The van der Waals surface area contributed by atoms with Gasteiger partial charge in [-0.2, -0.15) is 11.3 Å². The van der Waals surface area contributed by atoms with Crippen molar-refractivity contribution < 1.29 is 0 Å². The normalized spacial score (nSPS) is 10.7. The SMILES string of the molecule is CN=C(NCc1ccccc1)NCc1ccsc1.I. The Morgan fingerprint density at radius 2 is 1.74 bits per heavy atom. The standard InChI is InChI=1S/C14H17N3S.HI/c1-15-14(17-10-13-7-8-18-11-13)16-9-12-5-3-2-4-6-12;/h2-8,11H,9-10H2,1H3,(H2,15,16,17);1H. The van der Waals surface area contributed by atoms with Crippen LogP contribution >= 0.6 is 35.3 Å². The van der Waals surface area contributed by atoms with Gasteiger partial charge in [-0.05, 0) is 28.0 Å². The van der Waals surface area contributed by atoms with Crippen LogP contribution in [0.2, 0.25) is 0 Å². The zero-order chi connectivity index (χ0) is 12.6. The first-order valence-corrected chi connectivity index (χ1v) is 6.82.